The lowest BCUT2D eigenvalue weighted by Gasteiger charge is -2.34. The molecule has 3 aliphatic rings. The molecule has 5 N–H and O–H groups in total. The van der Waals surface area contributed by atoms with Crippen LogP contribution in [0.3, 0.4) is 0 Å². The second-order valence-electron chi connectivity index (χ2n) is 14.4. The van der Waals surface area contributed by atoms with Crippen molar-refractivity contribution in [3.63, 3.8) is 0 Å². The van der Waals surface area contributed by atoms with Gasteiger partial charge in [0, 0.05) is 24.1 Å². The van der Waals surface area contributed by atoms with Crippen molar-refractivity contribution in [1.82, 2.24) is 21.3 Å². The van der Waals surface area contributed by atoms with Crippen LogP contribution >= 0.6 is 0 Å². The SMILES string of the molecule is CNC1(C(=O)NCC(=O)NC2CCCCC2CC2(C(=O)NCC(=O)Nc3ccc(COC(C)=O)cc3)CC2)C[C@@H]1CCCOC(=O)c1ccccc1. The van der Waals surface area contributed by atoms with E-state index < -0.39 is 11.0 Å². The average molecular weight is 718 g/mol. The smallest absolute Gasteiger partial charge is 0.338 e. The quantitative estimate of drug-likeness (QED) is 0.114. The Morgan fingerprint density at radius 3 is 2.21 bits per heavy atom. The van der Waals surface area contributed by atoms with Gasteiger partial charge in [0.15, 0.2) is 0 Å². The van der Waals surface area contributed by atoms with E-state index in [4.69, 9.17) is 9.47 Å². The summed E-state index contributed by atoms with van der Waals surface area (Å²) in [5.74, 6) is -1.50. The van der Waals surface area contributed by atoms with Gasteiger partial charge in [0.1, 0.15) is 12.1 Å². The van der Waals surface area contributed by atoms with Gasteiger partial charge in [-0.25, -0.2) is 4.79 Å². The van der Waals surface area contributed by atoms with E-state index >= 15 is 0 Å². The van der Waals surface area contributed by atoms with Crippen molar-refractivity contribution in [2.75, 3.05) is 32.1 Å². The van der Waals surface area contributed by atoms with Crippen LogP contribution in [-0.4, -0.2) is 73.9 Å². The Morgan fingerprint density at radius 1 is 0.827 bits per heavy atom. The van der Waals surface area contributed by atoms with E-state index in [1.54, 1.807) is 55.6 Å². The molecule has 3 aliphatic carbocycles. The second kappa shape index (κ2) is 17.6. The number of carbonyl (C=O) groups is 6. The minimum absolute atomic E-state index is 0.0807. The van der Waals surface area contributed by atoms with E-state index in [1.165, 1.54) is 6.92 Å². The van der Waals surface area contributed by atoms with Crippen molar-refractivity contribution in [2.45, 2.75) is 89.3 Å². The van der Waals surface area contributed by atoms with Crippen LogP contribution in [0.1, 0.15) is 87.1 Å². The molecule has 0 spiro atoms. The van der Waals surface area contributed by atoms with Gasteiger partial charge in [-0.15, -0.1) is 0 Å². The Balaban J connectivity index is 1.01. The van der Waals surface area contributed by atoms with Gasteiger partial charge in [-0.3, -0.25) is 24.0 Å². The predicted octanol–water partition coefficient (Wildman–Crippen LogP) is 3.38. The summed E-state index contributed by atoms with van der Waals surface area (Å²) in [6.45, 7) is 1.47. The van der Waals surface area contributed by atoms with E-state index in [0.29, 0.717) is 36.9 Å². The molecule has 13 heteroatoms. The Kier molecular flexibility index (Phi) is 13.0. The zero-order valence-electron chi connectivity index (χ0n) is 30.1. The maximum absolute atomic E-state index is 13.3. The lowest BCUT2D eigenvalue weighted by atomic mass is 9.77. The monoisotopic (exact) mass is 717 g/mol. The first-order chi connectivity index (χ1) is 25.0. The number of benzene rings is 2. The second-order valence-corrected chi connectivity index (χ2v) is 14.4. The molecule has 4 atom stereocenters. The Hall–Kier alpha value is -4.78. The molecule has 13 nitrogen and oxygen atoms in total. The average Bonchev–Trinajstić information content (AvgIpc) is 4.08. The highest BCUT2D eigenvalue weighted by Crippen LogP contribution is 2.52. The minimum Gasteiger partial charge on any atom is -0.462 e. The van der Waals surface area contributed by atoms with Crippen molar-refractivity contribution in [3.05, 3.63) is 65.7 Å². The molecule has 2 aromatic carbocycles. The van der Waals surface area contributed by atoms with Crippen LogP contribution in [0.4, 0.5) is 5.69 Å². The molecule has 4 amide bonds. The van der Waals surface area contributed by atoms with Gasteiger partial charge in [-0.1, -0.05) is 43.2 Å². The van der Waals surface area contributed by atoms with Crippen LogP contribution in [0.15, 0.2) is 54.6 Å². The fourth-order valence-electron chi connectivity index (χ4n) is 7.35. The number of likely N-dealkylation sites (N-methyl/N-ethyl adjacent to an activating group) is 1. The molecule has 0 bridgehead atoms. The third-order valence-electron chi connectivity index (χ3n) is 10.6. The van der Waals surface area contributed by atoms with Crippen LogP contribution in [0.25, 0.3) is 0 Å². The first kappa shape index (κ1) is 38.5. The van der Waals surface area contributed by atoms with E-state index in [9.17, 15) is 28.8 Å². The topological polar surface area (TPSA) is 181 Å². The highest BCUT2D eigenvalue weighted by atomic mass is 16.5. The van der Waals surface area contributed by atoms with Gasteiger partial charge >= 0.3 is 11.9 Å². The summed E-state index contributed by atoms with van der Waals surface area (Å²) < 4.78 is 10.3. The summed E-state index contributed by atoms with van der Waals surface area (Å²) >= 11 is 0. The first-order valence-corrected chi connectivity index (χ1v) is 18.3. The van der Waals surface area contributed by atoms with E-state index in [0.717, 1.165) is 44.1 Å². The summed E-state index contributed by atoms with van der Waals surface area (Å²) in [6.07, 6.45) is 7.78. The molecule has 280 valence electrons. The number of nitrogens with one attached hydrogen (secondary N) is 5. The van der Waals surface area contributed by atoms with Gasteiger partial charge < -0.3 is 36.1 Å². The van der Waals surface area contributed by atoms with Crippen LogP contribution in [0, 0.1) is 17.3 Å². The van der Waals surface area contributed by atoms with E-state index in [2.05, 4.69) is 26.6 Å². The van der Waals surface area contributed by atoms with E-state index in [-0.39, 0.29) is 79.7 Å². The Morgan fingerprint density at radius 2 is 1.52 bits per heavy atom. The number of esters is 2. The largest absolute Gasteiger partial charge is 0.462 e. The molecule has 3 saturated carbocycles. The fourth-order valence-corrected chi connectivity index (χ4v) is 7.35. The Bertz CT molecular complexity index is 1600. The summed E-state index contributed by atoms with van der Waals surface area (Å²) in [5, 5.41) is 14.7. The number of amides is 4. The number of anilines is 1. The lowest BCUT2D eigenvalue weighted by molar-refractivity contribution is -0.142. The van der Waals surface area contributed by atoms with Crippen molar-refractivity contribution in [1.29, 1.82) is 0 Å². The third kappa shape index (κ3) is 10.4. The number of hydrogen-bond donors (Lipinski definition) is 5. The van der Waals surface area contributed by atoms with Crippen molar-refractivity contribution < 1.29 is 38.2 Å². The van der Waals surface area contributed by atoms with Gasteiger partial charge in [-0.05, 0) is 100 Å². The molecule has 0 aliphatic heterocycles. The molecular formula is C39H51N5O8. The molecule has 3 unspecified atom stereocenters. The molecule has 0 saturated heterocycles. The fraction of sp³-hybridized carbons (Fsp3) is 0.538. The molecule has 0 radical (unpaired) electrons. The highest BCUT2D eigenvalue weighted by molar-refractivity contribution is 5.96. The predicted molar refractivity (Wildman–Crippen MR) is 193 cm³/mol. The molecular weight excluding hydrogens is 666 g/mol. The Labute approximate surface area is 304 Å². The van der Waals surface area contributed by atoms with Crippen LogP contribution in [-0.2, 0) is 40.1 Å². The molecule has 2 aromatic rings. The molecule has 3 fully saturated rings. The van der Waals surface area contributed by atoms with Crippen molar-refractivity contribution >= 4 is 41.3 Å². The van der Waals surface area contributed by atoms with Crippen LogP contribution in [0.2, 0.25) is 0 Å². The standard InChI is InChI=1S/C39H51N5O8/c1-26(45)52-25-27-14-16-31(17-15-27)43-33(46)23-41-36(49)38(18-19-38)21-29-11-6-7-13-32(29)44-34(47)24-42-37(50)39(40-2)22-30(39)12-8-20-51-35(48)28-9-4-3-5-10-28/h3-5,9-10,14-17,29-30,32,40H,6-8,11-13,18-25H2,1-2H3,(H,41,49)(H,42,50)(H,43,46)(H,44,47)/t29?,30-,32?,39?/m0/s1. The van der Waals surface area contributed by atoms with Gasteiger partial charge in [-0.2, -0.15) is 0 Å². The summed E-state index contributed by atoms with van der Waals surface area (Å²) in [5.41, 5.74) is 0.586. The highest BCUT2D eigenvalue weighted by Gasteiger charge is 2.58. The number of ether oxygens (including phenoxy) is 2. The summed E-state index contributed by atoms with van der Waals surface area (Å²) in [7, 11) is 1.74. The molecule has 52 heavy (non-hydrogen) atoms. The number of carbonyl (C=O) groups excluding carboxylic acids is 6. The van der Waals surface area contributed by atoms with E-state index in [1.807, 2.05) is 6.07 Å². The minimum atomic E-state index is -0.739. The maximum Gasteiger partial charge on any atom is 0.338 e. The normalized spacial score (nSPS) is 22.6. The third-order valence-corrected chi connectivity index (χ3v) is 10.6. The van der Waals surface area contributed by atoms with Gasteiger partial charge in [0.05, 0.1) is 25.3 Å². The zero-order chi connectivity index (χ0) is 37.1. The van der Waals surface area contributed by atoms with Gasteiger partial charge in [0.2, 0.25) is 23.6 Å². The first-order valence-electron chi connectivity index (χ1n) is 18.3. The number of hydrogen-bond acceptors (Lipinski definition) is 9. The van der Waals surface area contributed by atoms with Crippen LogP contribution in [0.5, 0.6) is 0 Å². The van der Waals surface area contributed by atoms with Crippen LogP contribution < -0.4 is 26.6 Å². The maximum atomic E-state index is 13.3. The zero-order valence-corrected chi connectivity index (χ0v) is 30.1. The summed E-state index contributed by atoms with van der Waals surface area (Å²) in [6, 6.07) is 15.7. The van der Waals surface area contributed by atoms with Crippen molar-refractivity contribution in [2.24, 2.45) is 17.3 Å². The molecule has 0 aromatic heterocycles. The van der Waals surface area contributed by atoms with Gasteiger partial charge in [0.25, 0.3) is 0 Å². The van der Waals surface area contributed by atoms with Crippen molar-refractivity contribution in [3.8, 4) is 0 Å². The lowest BCUT2D eigenvalue weighted by Crippen LogP contribution is -2.51. The number of rotatable bonds is 18. The molecule has 0 heterocycles. The molecule has 5 rings (SSSR count). The summed E-state index contributed by atoms with van der Waals surface area (Å²) in [4.78, 5) is 75.2.